The van der Waals surface area contributed by atoms with Crippen LogP contribution in [0.2, 0.25) is 0 Å². The maximum atomic E-state index is 13.3. The molecule has 0 bridgehead atoms. The van der Waals surface area contributed by atoms with Crippen LogP contribution in [0.3, 0.4) is 0 Å². The molecule has 2 aromatic carbocycles. The zero-order chi connectivity index (χ0) is 22.5. The van der Waals surface area contributed by atoms with Crippen molar-refractivity contribution in [1.82, 2.24) is 9.62 Å². The van der Waals surface area contributed by atoms with Gasteiger partial charge in [0.1, 0.15) is 12.4 Å². The smallest absolute Gasteiger partial charge is 0.410 e. The van der Waals surface area contributed by atoms with Crippen molar-refractivity contribution in [1.29, 1.82) is 0 Å². The lowest BCUT2D eigenvalue weighted by atomic mass is 9.77. The molecule has 1 aliphatic heterocycles. The van der Waals surface area contributed by atoms with Crippen LogP contribution in [0.4, 0.5) is 14.9 Å². The number of rotatable bonds is 7. The summed E-state index contributed by atoms with van der Waals surface area (Å²) in [5, 5.41) is 0. The number of halogens is 1. The molecule has 168 valence electrons. The number of carbonyl (C=O) groups is 1. The van der Waals surface area contributed by atoms with Crippen molar-refractivity contribution in [2.45, 2.75) is 39.3 Å². The van der Waals surface area contributed by atoms with E-state index < -0.39 is 16.0 Å². The van der Waals surface area contributed by atoms with E-state index in [4.69, 9.17) is 4.74 Å². The van der Waals surface area contributed by atoms with Crippen LogP contribution in [0.15, 0.2) is 54.6 Å². The molecule has 3 rings (SSSR count). The number of ether oxygens (including phenoxy) is 1. The third-order valence-corrected chi connectivity index (χ3v) is 6.51. The normalized spacial score (nSPS) is 21.5. The van der Waals surface area contributed by atoms with E-state index in [0.29, 0.717) is 19.4 Å². The summed E-state index contributed by atoms with van der Waals surface area (Å²) in [5.74, 6) is -0.521. The van der Waals surface area contributed by atoms with Crippen molar-refractivity contribution in [3.63, 3.8) is 0 Å². The summed E-state index contributed by atoms with van der Waals surface area (Å²) in [6.45, 7) is 4.81. The van der Waals surface area contributed by atoms with Gasteiger partial charge in [0.05, 0.1) is 5.69 Å². The van der Waals surface area contributed by atoms with Crippen molar-refractivity contribution < 1.29 is 22.3 Å². The first-order valence-electron chi connectivity index (χ1n) is 10.2. The van der Waals surface area contributed by atoms with Crippen molar-refractivity contribution in [2.24, 2.45) is 5.41 Å². The standard InChI is InChI=1S/C22H28FN3O4S/c1-17-14-22(2,16-24-31(28,29)25-20-10-6-9-19(23)13-20)11-12-26(17)21(27)30-15-18-7-4-3-5-8-18/h3-10,13,17,24-25H,11-12,14-16H2,1-2H3/t17-,22-/m0/s1. The molecule has 1 amide bonds. The summed E-state index contributed by atoms with van der Waals surface area (Å²) in [6.07, 6.45) is 0.877. The Morgan fingerprint density at radius 3 is 2.65 bits per heavy atom. The number of benzene rings is 2. The van der Waals surface area contributed by atoms with Gasteiger partial charge in [0, 0.05) is 19.1 Å². The molecule has 2 aromatic rings. The van der Waals surface area contributed by atoms with Gasteiger partial charge >= 0.3 is 6.09 Å². The predicted molar refractivity (Wildman–Crippen MR) is 117 cm³/mol. The molecule has 2 atom stereocenters. The Labute approximate surface area is 182 Å². The van der Waals surface area contributed by atoms with E-state index in [1.165, 1.54) is 18.2 Å². The van der Waals surface area contributed by atoms with Gasteiger partial charge in [-0.05, 0) is 48.9 Å². The highest BCUT2D eigenvalue weighted by Crippen LogP contribution is 2.34. The Kier molecular flexibility index (Phi) is 7.17. The van der Waals surface area contributed by atoms with E-state index in [9.17, 15) is 17.6 Å². The van der Waals surface area contributed by atoms with Gasteiger partial charge in [-0.3, -0.25) is 4.72 Å². The minimum absolute atomic E-state index is 0.0947. The second-order valence-corrected chi connectivity index (χ2v) is 9.78. The molecule has 31 heavy (non-hydrogen) atoms. The Morgan fingerprint density at radius 2 is 1.97 bits per heavy atom. The first-order valence-corrected chi connectivity index (χ1v) is 11.6. The minimum Gasteiger partial charge on any atom is -0.445 e. The van der Waals surface area contributed by atoms with Gasteiger partial charge in [0.15, 0.2) is 0 Å². The van der Waals surface area contributed by atoms with E-state index in [-0.39, 0.29) is 36.4 Å². The predicted octanol–water partition coefficient (Wildman–Crippen LogP) is 3.90. The quantitative estimate of drug-likeness (QED) is 0.671. The van der Waals surface area contributed by atoms with Crippen LogP contribution in [0.1, 0.15) is 32.3 Å². The summed E-state index contributed by atoms with van der Waals surface area (Å²) in [6, 6.07) is 14.7. The van der Waals surface area contributed by atoms with E-state index in [0.717, 1.165) is 11.6 Å². The Hall–Kier alpha value is -2.65. The molecular formula is C22H28FN3O4S. The third-order valence-electron chi connectivity index (χ3n) is 5.48. The number of likely N-dealkylation sites (tertiary alicyclic amines) is 1. The number of nitrogens with one attached hydrogen (secondary N) is 2. The van der Waals surface area contributed by atoms with Gasteiger partial charge in [-0.25, -0.2) is 9.18 Å². The number of amides is 1. The maximum absolute atomic E-state index is 13.3. The van der Waals surface area contributed by atoms with E-state index >= 15 is 0 Å². The second-order valence-electron chi connectivity index (χ2n) is 8.28. The van der Waals surface area contributed by atoms with Crippen LogP contribution in [0.25, 0.3) is 0 Å². The molecule has 0 aromatic heterocycles. The number of hydrogen-bond acceptors (Lipinski definition) is 4. The lowest BCUT2D eigenvalue weighted by Gasteiger charge is -2.43. The third kappa shape index (κ3) is 6.67. The minimum atomic E-state index is -3.85. The Morgan fingerprint density at radius 1 is 1.23 bits per heavy atom. The summed E-state index contributed by atoms with van der Waals surface area (Å²) in [4.78, 5) is 14.2. The average molecular weight is 450 g/mol. The maximum Gasteiger partial charge on any atom is 0.410 e. The summed E-state index contributed by atoms with van der Waals surface area (Å²) < 4.78 is 48.3. The number of hydrogen-bond donors (Lipinski definition) is 2. The highest BCUT2D eigenvalue weighted by molar-refractivity contribution is 7.90. The molecule has 1 fully saturated rings. The van der Waals surface area contributed by atoms with E-state index in [1.54, 1.807) is 4.90 Å². The number of piperidine rings is 1. The molecule has 0 unspecified atom stereocenters. The van der Waals surface area contributed by atoms with Gasteiger partial charge in [-0.1, -0.05) is 43.3 Å². The topological polar surface area (TPSA) is 87.7 Å². The molecule has 2 N–H and O–H groups in total. The van der Waals surface area contributed by atoms with Crippen LogP contribution in [-0.2, 0) is 21.6 Å². The molecule has 1 saturated heterocycles. The van der Waals surface area contributed by atoms with Gasteiger partial charge in [0.25, 0.3) is 10.2 Å². The monoisotopic (exact) mass is 449 g/mol. The number of nitrogens with zero attached hydrogens (tertiary/aromatic N) is 1. The van der Waals surface area contributed by atoms with Crippen LogP contribution in [0.5, 0.6) is 0 Å². The molecule has 0 saturated carbocycles. The number of anilines is 1. The molecule has 7 nitrogen and oxygen atoms in total. The fraction of sp³-hybridized carbons (Fsp3) is 0.409. The fourth-order valence-electron chi connectivity index (χ4n) is 3.78. The van der Waals surface area contributed by atoms with Crippen molar-refractivity contribution in [3.05, 3.63) is 66.0 Å². The highest BCUT2D eigenvalue weighted by Gasteiger charge is 2.37. The van der Waals surface area contributed by atoms with Crippen LogP contribution in [-0.4, -0.2) is 38.5 Å². The molecular weight excluding hydrogens is 421 g/mol. The lowest BCUT2D eigenvalue weighted by molar-refractivity contribution is 0.0417. The van der Waals surface area contributed by atoms with Crippen LogP contribution in [0, 0.1) is 11.2 Å². The SMILES string of the molecule is C[C@H]1C[C@@](C)(CNS(=O)(=O)Nc2cccc(F)c2)CCN1C(=O)OCc1ccccc1. The molecule has 1 heterocycles. The average Bonchev–Trinajstić information content (AvgIpc) is 2.71. The van der Waals surface area contributed by atoms with Gasteiger partial charge in [-0.2, -0.15) is 13.1 Å². The molecule has 9 heteroatoms. The first-order chi connectivity index (χ1) is 14.7. The van der Waals surface area contributed by atoms with Crippen molar-refractivity contribution in [2.75, 3.05) is 17.8 Å². The lowest BCUT2D eigenvalue weighted by Crippen LogP contribution is -2.51. The summed E-state index contributed by atoms with van der Waals surface area (Å²) >= 11 is 0. The highest BCUT2D eigenvalue weighted by atomic mass is 32.2. The van der Waals surface area contributed by atoms with Crippen LogP contribution >= 0.6 is 0 Å². The second kappa shape index (κ2) is 9.65. The largest absolute Gasteiger partial charge is 0.445 e. The van der Waals surface area contributed by atoms with Crippen molar-refractivity contribution in [3.8, 4) is 0 Å². The van der Waals surface area contributed by atoms with E-state index in [1.807, 2.05) is 44.2 Å². The van der Waals surface area contributed by atoms with Gasteiger partial charge < -0.3 is 9.64 Å². The number of carbonyl (C=O) groups excluding carboxylic acids is 1. The first kappa shape index (κ1) is 23.0. The van der Waals surface area contributed by atoms with Crippen molar-refractivity contribution >= 4 is 22.0 Å². The molecule has 0 spiro atoms. The van der Waals surface area contributed by atoms with Gasteiger partial charge in [0.2, 0.25) is 0 Å². The zero-order valence-electron chi connectivity index (χ0n) is 17.7. The van der Waals surface area contributed by atoms with Crippen LogP contribution < -0.4 is 9.44 Å². The summed E-state index contributed by atoms with van der Waals surface area (Å²) in [5.41, 5.74) is 0.749. The Bertz CT molecular complexity index is 1000. The molecule has 1 aliphatic rings. The Balaban J connectivity index is 1.50. The molecule has 0 radical (unpaired) electrons. The molecule has 0 aliphatic carbocycles. The van der Waals surface area contributed by atoms with Gasteiger partial charge in [-0.15, -0.1) is 0 Å². The van der Waals surface area contributed by atoms with E-state index in [2.05, 4.69) is 9.44 Å². The zero-order valence-corrected chi connectivity index (χ0v) is 18.5. The summed E-state index contributed by atoms with van der Waals surface area (Å²) in [7, 11) is -3.85. The fourth-order valence-corrected chi connectivity index (χ4v) is 4.83.